The Labute approximate surface area is 88.9 Å². The van der Waals surface area contributed by atoms with Crippen molar-refractivity contribution in [1.82, 2.24) is 0 Å². The van der Waals surface area contributed by atoms with E-state index >= 15 is 0 Å². The van der Waals surface area contributed by atoms with Crippen LogP contribution in [0.1, 0.15) is 66.2 Å². The first-order chi connectivity index (χ1) is 6.70. The van der Waals surface area contributed by atoms with E-state index in [0.29, 0.717) is 0 Å². The van der Waals surface area contributed by atoms with E-state index < -0.39 is 0 Å². The Morgan fingerprint density at radius 2 is 1.14 bits per heavy atom. The summed E-state index contributed by atoms with van der Waals surface area (Å²) >= 11 is 0. The summed E-state index contributed by atoms with van der Waals surface area (Å²) in [7, 11) is 0. The maximum absolute atomic E-state index is 5.30. The third-order valence-corrected chi connectivity index (χ3v) is 2.31. The van der Waals surface area contributed by atoms with Crippen LogP contribution < -0.4 is 0 Å². The molecule has 86 valence electrons. The van der Waals surface area contributed by atoms with Gasteiger partial charge >= 0.3 is 0 Å². The highest BCUT2D eigenvalue weighted by Crippen LogP contribution is 2.09. The smallest absolute Gasteiger partial charge is 0.0902 e. The Morgan fingerprint density at radius 1 is 0.786 bits per heavy atom. The van der Waals surface area contributed by atoms with Gasteiger partial charge in [0, 0.05) is 0 Å². The summed E-state index contributed by atoms with van der Waals surface area (Å²) in [5, 5.41) is 0. The predicted octanol–water partition coefficient (Wildman–Crippen LogP) is 4.09. The lowest BCUT2D eigenvalue weighted by Gasteiger charge is -2.15. The van der Waals surface area contributed by atoms with Gasteiger partial charge in [-0.25, -0.2) is 9.78 Å². The van der Waals surface area contributed by atoms with Crippen LogP contribution in [0.3, 0.4) is 0 Å². The van der Waals surface area contributed by atoms with E-state index in [1.807, 2.05) is 0 Å². The molecule has 2 unspecified atom stereocenters. The number of unbranched alkanes of at least 4 members (excludes halogenated alkanes) is 2. The molecule has 0 rings (SSSR count). The maximum atomic E-state index is 5.30. The molecule has 0 amide bonds. The molecule has 0 aliphatic rings. The van der Waals surface area contributed by atoms with Crippen LogP contribution in [0.4, 0.5) is 0 Å². The van der Waals surface area contributed by atoms with Crippen LogP contribution in [0.2, 0.25) is 0 Å². The van der Waals surface area contributed by atoms with E-state index in [1.54, 1.807) is 0 Å². The summed E-state index contributed by atoms with van der Waals surface area (Å²) in [4.78, 5) is 10.6. The summed E-state index contributed by atoms with van der Waals surface area (Å²) in [5.41, 5.74) is 0. The minimum atomic E-state index is 0.235. The van der Waals surface area contributed by atoms with E-state index in [0.717, 1.165) is 12.8 Å². The molecule has 0 saturated heterocycles. The molecular formula is C12H26O2. The van der Waals surface area contributed by atoms with E-state index in [9.17, 15) is 0 Å². The summed E-state index contributed by atoms with van der Waals surface area (Å²) in [6.45, 7) is 8.53. The molecule has 0 aromatic heterocycles. The van der Waals surface area contributed by atoms with Crippen molar-refractivity contribution < 1.29 is 9.78 Å². The molecule has 0 aromatic rings. The van der Waals surface area contributed by atoms with Crippen molar-refractivity contribution >= 4 is 0 Å². The molecule has 2 heteroatoms. The minimum absolute atomic E-state index is 0.235. The van der Waals surface area contributed by atoms with Crippen molar-refractivity contribution in [2.75, 3.05) is 0 Å². The van der Waals surface area contributed by atoms with Gasteiger partial charge in [0.25, 0.3) is 0 Å². The zero-order valence-corrected chi connectivity index (χ0v) is 10.2. The fraction of sp³-hybridized carbons (Fsp3) is 1.00. The standard InChI is InChI=1S/C12H26O2/c1-5-7-9-11(3)13-14-12(4)10-8-6-2/h11-12H,5-10H2,1-4H3. The van der Waals surface area contributed by atoms with Crippen LogP contribution in [0.5, 0.6) is 0 Å². The molecule has 0 aromatic carbocycles. The fourth-order valence-corrected chi connectivity index (χ4v) is 1.27. The van der Waals surface area contributed by atoms with Gasteiger partial charge in [-0.05, 0) is 26.7 Å². The van der Waals surface area contributed by atoms with Crippen molar-refractivity contribution in [3.05, 3.63) is 0 Å². The lowest BCUT2D eigenvalue weighted by atomic mass is 10.2. The molecular weight excluding hydrogens is 176 g/mol. The van der Waals surface area contributed by atoms with Crippen LogP contribution >= 0.6 is 0 Å². The molecule has 0 saturated carbocycles. The summed E-state index contributed by atoms with van der Waals surface area (Å²) in [6.07, 6.45) is 7.53. The summed E-state index contributed by atoms with van der Waals surface area (Å²) < 4.78 is 0. The molecule has 14 heavy (non-hydrogen) atoms. The van der Waals surface area contributed by atoms with Gasteiger partial charge < -0.3 is 0 Å². The largest absolute Gasteiger partial charge is 0.233 e. The quantitative estimate of drug-likeness (QED) is 0.414. The highest BCUT2D eigenvalue weighted by molar-refractivity contribution is 4.49. The first-order valence-electron chi connectivity index (χ1n) is 6.02. The van der Waals surface area contributed by atoms with Crippen molar-refractivity contribution in [3.8, 4) is 0 Å². The fourth-order valence-electron chi connectivity index (χ4n) is 1.27. The average molecular weight is 202 g/mol. The zero-order valence-electron chi connectivity index (χ0n) is 10.2. The highest BCUT2D eigenvalue weighted by Gasteiger charge is 2.06. The highest BCUT2D eigenvalue weighted by atomic mass is 17.2. The zero-order chi connectivity index (χ0) is 10.8. The van der Waals surface area contributed by atoms with Crippen LogP contribution in [0, 0.1) is 0 Å². The van der Waals surface area contributed by atoms with Gasteiger partial charge in [-0.2, -0.15) is 0 Å². The predicted molar refractivity (Wildman–Crippen MR) is 60.1 cm³/mol. The van der Waals surface area contributed by atoms with Crippen molar-refractivity contribution in [3.63, 3.8) is 0 Å². The Kier molecular flexibility index (Phi) is 9.42. The van der Waals surface area contributed by atoms with Crippen molar-refractivity contribution in [2.24, 2.45) is 0 Å². The second kappa shape index (κ2) is 9.47. The van der Waals surface area contributed by atoms with E-state index in [4.69, 9.17) is 9.78 Å². The monoisotopic (exact) mass is 202 g/mol. The molecule has 0 radical (unpaired) electrons. The van der Waals surface area contributed by atoms with Gasteiger partial charge in [-0.15, -0.1) is 0 Å². The molecule has 0 spiro atoms. The molecule has 2 nitrogen and oxygen atoms in total. The van der Waals surface area contributed by atoms with Crippen LogP contribution in [0.25, 0.3) is 0 Å². The van der Waals surface area contributed by atoms with Crippen molar-refractivity contribution in [1.29, 1.82) is 0 Å². The van der Waals surface area contributed by atoms with Gasteiger partial charge in [-0.1, -0.05) is 39.5 Å². The van der Waals surface area contributed by atoms with Gasteiger partial charge in [-0.3, -0.25) is 0 Å². The molecule has 2 atom stereocenters. The molecule has 0 N–H and O–H groups in total. The summed E-state index contributed by atoms with van der Waals surface area (Å²) in [5.74, 6) is 0. The molecule has 0 heterocycles. The number of rotatable bonds is 9. The Bertz CT molecular complexity index is 101. The first kappa shape index (κ1) is 13.9. The normalized spacial score (nSPS) is 15.4. The maximum Gasteiger partial charge on any atom is 0.0902 e. The van der Waals surface area contributed by atoms with Gasteiger partial charge in [0.2, 0.25) is 0 Å². The molecule has 0 aliphatic heterocycles. The van der Waals surface area contributed by atoms with Gasteiger partial charge in [0.05, 0.1) is 12.2 Å². The first-order valence-corrected chi connectivity index (χ1v) is 6.02. The lowest BCUT2D eigenvalue weighted by Crippen LogP contribution is -2.15. The van der Waals surface area contributed by atoms with Crippen LogP contribution in [-0.2, 0) is 9.78 Å². The second-order valence-electron chi connectivity index (χ2n) is 4.10. The molecule has 0 fully saturated rings. The number of hydrogen-bond donors (Lipinski definition) is 0. The Hall–Kier alpha value is -0.0800. The van der Waals surface area contributed by atoms with Crippen LogP contribution in [-0.4, -0.2) is 12.2 Å². The Morgan fingerprint density at radius 3 is 1.43 bits per heavy atom. The van der Waals surface area contributed by atoms with Gasteiger partial charge in [0.1, 0.15) is 0 Å². The van der Waals surface area contributed by atoms with Crippen molar-refractivity contribution in [2.45, 2.75) is 78.4 Å². The number of hydrogen-bond acceptors (Lipinski definition) is 2. The molecule has 0 aliphatic carbocycles. The average Bonchev–Trinajstić information content (AvgIpc) is 2.20. The summed E-state index contributed by atoms with van der Waals surface area (Å²) in [6, 6.07) is 0. The minimum Gasteiger partial charge on any atom is -0.233 e. The topological polar surface area (TPSA) is 18.5 Å². The van der Waals surface area contributed by atoms with Gasteiger partial charge in [0.15, 0.2) is 0 Å². The SMILES string of the molecule is CCCCC(C)OOC(C)CCCC. The molecule has 0 bridgehead atoms. The van der Waals surface area contributed by atoms with E-state index in [-0.39, 0.29) is 12.2 Å². The third kappa shape index (κ3) is 8.52. The third-order valence-electron chi connectivity index (χ3n) is 2.31. The Balaban J connectivity index is 3.31. The lowest BCUT2D eigenvalue weighted by molar-refractivity contribution is -0.346. The van der Waals surface area contributed by atoms with Crippen LogP contribution in [0.15, 0.2) is 0 Å². The van der Waals surface area contributed by atoms with E-state index in [1.165, 1.54) is 25.7 Å². The second-order valence-corrected chi connectivity index (χ2v) is 4.10. The van der Waals surface area contributed by atoms with E-state index in [2.05, 4.69) is 27.7 Å².